The number of aliphatic carboxylic acids is 1. The van der Waals surface area contributed by atoms with E-state index in [0.717, 1.165) is 36.7 Å². The van der Waals surface area contributed by atoms with Gasteiger partial charge in [0.05, 0.1) is 0 Å². The minimum absolute atomic E-state index is 0.625. The number of nitrogens with zero attached hydrogens (tertiary/aromatic N) is 4. The van der Waals surface area contributed by atoms with Crippen molar-refractivity contribution in [1.82, 2.24) is 25.5 Å². The number of tetrazole rings is 1. The van der Waals surface area contributed by atoms with E-state index in [2.05, 4.69) is 20.8 Å². The number of rotatable bonds is 10. The summed E-state index contributed by atoms with van der Waals surface area (Å²) in [5.41, 5.74) is -0.826. The van der Waals surface area contributed by atoms with Gasteiger partial charge in [0.2, 0.25) is 5.16 Å². The number of aromatic nitrogens is 4. The number of hydrogen-bond acceptors (Lipinski definition) is 6. The first-order valence-electron chi connectivity index (χ1n) is 6.83. The van der Waals surface area contributed by atoms with Crippen LogP contribution in [0.1, 0.15) is 39.5 Å². The molecule has 1 heterocycles. The lowest BCUT2D eigenvalue weighted by atomic mass is 9.95. The maximum atomic E-state index is 11.3. The van der Waals surface area contributed by atoms with Gasteiger partial charge in [-0.2, -0.15) is 0 Å². The van der Waals surface area contributed by atoms with Crippen LogP contribution in [0.2, 0.25) is 0 Å². The molecule has 20 heavy (non-hydrogen) atoms. The van der Waals surface area contributed by atoms with Crippen molar-refractivity contribution in [2.75, 3.05) is 12.3 Å². The van der Waals surface area contributed by atoms with Crippen LogP contribution in [0.4, 0.5) is 0 Å². The van der Waals surface area contributed by atoms with Crippen LogP contribution in [0.15, 0.2) is 5.16 Å². The van der Waals surface area contributed by atoms with Gasteiger partial charge in [-0.1, -0.05) is 25.1 Å². The van der Waals surface area contributed by atoms with Gasteiger partial charge < -0.3 is 10.4 Å². The van der Waals surface area contributed by atoms with Gasteiger partial charge in [0.25, 0.3) is 0 Å². The molecule has 1 aromatic rings. The number of hydrogen-bond donors (Lipinski definition) is 2. The fourth-order valence-corrected chi connectivity index (χ4v) is 2.61. The van der Waals surface area contributed by atoms with E-state index in [9.17, 15) is 9.90 Å². The molecule has 1 atom stereocenters. The molecule has 0 saturated heterocycles. The predicted molar refractivity (Wildman–Crippen MR) is 77.7 cm³/mol. The summed E-state index contributed by atoms with van der Waals surface area (Å²) >= 11 is 1.59. The van der Waals surface area contributed by atoms with Crippen molar-refractivity contribution in [1.29, 1.82) is 0 Å². The molecule has 0 amide bonds. The van der Waals surface area contributed by atoms with Gasteiger partial charge in [-0.3, -0.25) is 4.79 Å². The average molecular weight is 301 g/mol. The van der Waals surface area contributed by atoms with Crippen LogP contribution in [0.5, 0.6) is 0 Å². The van der Waals surface area contributed by atoms with Crippen LogP contribution in [0, 0.1) is 0 Å². The zero-order valence-electron chi connectivity index (χ0n) is 12.3. The first-order chi connectivity index (χ1) is 9.49. The van der Waals surface area contributed by atoms with Crippen molar-refractivity contribution >= 4 is 17.7 Å². The minimum atomic E-state index is -0.826. The summed E-state index contributed by atoms with van der Waals surface area (Å²) in [6.07, 6.45) is 3.35. The van der Waals surface area contributed by atoms with E-state index < -0.39 is 11.5 Å². The molecule has 0 fully saturated rings. The molecule has 0 spiro atoms. The molecule has 1 rings (SSSR count). The van der Waals surface area contributed by atoms with E-state index in [-0.39, 0.29) is 0 Å². The molecule has 1 aromatic heterocycles. The van der Waals surface area contributed by atoms with E-state index in [4.69, 9.17) is 0 Å². The number of aryl methyl sites for hydroxylation is 1. The van der Waals surface area contributed by atoms with Gasteiger partial charge in [0.1, 0.15) is 5.54 Å². The van der Waals surface area contributed by atoms with Crippen LogP contribution in [-0.2, 0) is 11.8 Å². The summed E-state index contributed by atoms with van der Waals surface area (Å²) in [6.45, 7) is 4.51. The number of carbonyl (C=O) groups is 1. The van der Waals surface area contributed by atoms with Gasteiger partial charge in [0, 0.05) is 12.8 Å². The SMILES string of the molecule is CCCNC(C)(CCCCSc1nnnn1C)C(=O)O. The Morgan fingerprint density at radius 2 is 2.25 bits per heavy atom. The normalized spacial score (nSPS) is 14.2. The highest BCUT2D eigenvalue weighted by atomic mass is 32.2. The second-order valence-corrected chi connectivity index (χ2v) is 6.02. The molecule has 0 radical (unpaired) electrons. The highest BCUT2D eigenvalue weighted by Crippen LogP contribution is 2.19. The second kappa shape index (κ2) is 8.21. The van der Waals surface area contributed by atoms with Gasteiger partial charge in [0.15, 0.2) is 0 Å². The monoisotopic (exact) mass is 301 g/mol. The molecule has 0 aliphatic rings. The Hall–Kier alpha value is -1.15. The summed E-state index contributed by atoms with van der Waals surface area (Å²) in [5.74, 6) is 0.105. The summed E-state index contributed by atoms with van der Waals surface area (Å²) < 4.78 is 1.63. The summed E-state index contributed by atoms with van der Waals surface area (Å²) in [6, 6.07) is 0. The van der Waals surface area contributed by atoms with Crippen molar-refractivity contribution in [2.24, 2.45) is 7.05 Å². The number of carboxylic acid groups (broad SMARTS) is 1. The lowest BCUT2D eigenvalue weighted by Gasteiger charge is -2.26. The molecule has 0 aromatic carbocycles. The highest BCUT2D eigenvalue weighted by molar-refractivity contribution is 7.99. The maximum absolute atomic E-state index is 11.3. The fourth-order valence-electron chi connectivity index (χ4n) is 1.76. The summed E-state index contributed by atoms with van der Waals surface area (Å²) in [5, 5.41) is 24.4. The van der Waals surface area contributed by atoms with Gasteiger partial charge in [-0.25, -0.2) is 4.68 Å². The zero-order chi connectivity index (χ0) is 15.0. The quantitative estimate of drug-likeness (QED) is 0.497. The zero-order valence-corrected chi connectivity index (χ0v) is 13.1. The molecule has 8 heteroatoms. The molecular weight excluding hydrogens is 278 g/mol. The third-order valence-corrected chi connectivity index (χ3v) is 4.22. The second-order valence-electron chi connectivity index (χ2n) is 4.95. The predicted octanol–water partition coefficient (Wildman–Crippen LogP) is 1.32. The summed E-state index contributed by atoms with van der Waals surface area (Å²) in [7, 11) is 1.80. The molecule has 0 bridgehead atoms. The lowest BCUT2D eigenvalue weighted by Crippen LogP contribution is -2.49. The topological polar surface area (TPSA) is 92.9 Å². The van der Waals surface area contributed by atoms with E-state index in [1.165, 1.54) is 0 Å². The highest BCUT2D eigenvalue weighted by Gasteiger charge is 2.31. The Kier molecular flexibility index (Phi) is 6.94. The Balaban J connectivity index is 2.27. The van der Waals surface area contributed by atoms with Crippen molar-refractivity contribution in [2.45, 2.75) is 50.2 Å². The maximum Gasteiger partial charge on any atom is 0.323 e. The first-order valence-corrected chi connectivity index (χ1v) is 7.81. The van der Waals surface area contributed by atoms with Crippen molar-refractivity contribution in [3.05, 3.63) is 0 Å². The van der Waals surface area contributed by atoms with Crippen LogP contribution in [0.3, 0.4) is 0 Å². The molecule has 0 saturated carbocycles. The summed E-state index contributed by atoms with van der Waals surface area (Å²) in [4.78, 5) is 11.3. The smallest absolute Gasteiger partial charge is 0.323 e. The van der Waals surface area contributed by atoms with Gasteiger partial charge in [-0.05, 0) is 43.2 Å². The van der Waals surface area contributed by atoms with Crippen LogP contribution in [0.25, 0.3) is 0 Å². The molecule has 2 N–H and O–H groups in total. The third kappa shape index (κ3) is 5.09. The number of thioether (sulfide) groups is 1. The van der Waals surface area contributed by atoms with Gasteiger partial charge in [-0.15, -0.1) is 5.10 Å². The van der Waals surface area contributed by atoms with Crippen LogP contribution < -0.4 is 5.32 Å². The minimum Gasteiger partial charge on any atom is -0.480 e. The number of carboxylic acids is 1. The Morgan fingerprint density at radius 3 is 2.80 bits per heavy atom. The average Bonchev–Trinajstić information content (AvgIpc) is 2.81. The molecule has 1 unspecified atom stereocenters. The number of unbranched alkanes of at least 4 members (excludes halogenated alkanes) is 1. The lowest BCUT2D eigenvalue weighted by molar-refractivity contribution is -0.144. The largest absolute Gasteiger partial charge is 0.480 e. The standard InChI is InChI=1S/C12H23N5O2S/c1-4-8-13-12(2,10(18)19)7-5-6-9-20-11-14-15-16-17(11)3/h13H,4-9H2,1-3H3,(H,18,19). The molecule has 114 valence electrons. The molecular formula is C12H23N5O2S. The first kappa shape index (κ1) is 16.9. The Labute approximate surface area is 123 Å². The molecule has 7 nitrogen and oxygen atoms in total. The fraction of sp³-hybridized carbons (Fsp3) is 0.833. The third-order valence-electron chi connectivity index (χ3n) is 3.12. The van der Waals surface area contributed by atoms with Crippen LogP contribution in [-0.4, -0.2) is 49.1 Å². The van der Waals surface area contributed by atoms with Crippen molar-refractivity contribution < 1.29 is 9.90 Å². The van der Waals surface area contributed by atoms with Crippen molar-refractivity contribution in [3.63, 3.8) is 0 Å². The Bertz CT molecular complexity index is 426. The van der Waals surface area contributed by atoms with E-state index in [0.29, 0.717) is 6.42 Å². The number of nitrogens with one attached hydrogen (secondary N) is 1. The van der Waals surface area contributed by atoms with Crippen molar-refractivity contribution in [3.8, 4) is 0 Å². The molecule has 0 aliphatic heterocycles. The van der Waals surface area contributed by atoms with Crippen LogP contribution >= 0.6 is 11.8 Å². The van der Waals surface area contributed by atoms with E-state index in [1.807, 2.05) is 6.92 Å². The van der Waals surface area contributed by atoms with Gasteiger partial charge >= 0.3 is 5.97 Å². The molecule has 0 aliphatic carbocycles. The Morgan fingerprint density at radius 1 is 1.50 bits per heavy atom. The van der Waals surface area contributed by atoms with E-state index >= 15 is 0 Å². The van der Waals surface area contributed by atoms with E-state index in [1.54, 1.807) is 30.4 Å².